The quantitative estimate of drug-likeness (QED) is 0.422. The molecule has 7 nitrogen and oxygen atoms in total. The zero-order chi connectivity index (χ0) is 13.0. The first-order chi connectivity index (χ1) is 8.72. The first-order valence-electron chi connectivity index (χ1n) is 5.11. The maximum absolute atomic E-state index is 10.8. The number of aromatic amines is 1. The number of hydrogen-bond acceptors (Lipinski definition) is 5. The summed E-state index contributed by atoms with van der Waals surface area (Å²) in [6.07, 6.45) is -0.105. The Hall–Kier alpha value is -2.70. The predicted molar refractivity (Wildman–Crippen MR) is 62.4 cm³/mol. The van der Waals surface area contributed by atoms with Crippen molar-refractivity contribution < 1.29 is 15.1 Å². The van der Waals surface area contributed by atoms with Crippen molar-refractivity contribution in [2.75, 3.05) is 0 Å². The standard InChI is InChI=1S/C11H10N4O3/c16-11(17)9(14-18)6-8-10(13-15-12-8)7-4-2-1-3-5-7/h1-5,18H,6H2,(H,16,17)(H,12,13,15)/b14-9-. The summed E-state index contributed by atoms with van der Waals surface area (Å²) in [4.78, 5) is 10.8. The van der Waals surface area contributed by atoms with Crippen molar-refractivity contribution in [3.05, 3.63) is 36.0 Å². The van der Waals surface area contributed by atoms with E-state index < -0.39 is 5.97 Å². The Balaban J connectivity index is 2.32. The molecule has 0 aliphatic carbocycles. The minimum Gasteiger partial charge on any atom is -0.477 e. The second-order valence-corrected chi connectivity index (χ2v) is 3.51. The van der Waals surface area contributed by atoms with Gasteiger partial charge in [0, 0.05) is 12.0 Å². The summed E-state index contributed by atoms with van der Waals surface area (Å²) in [5, 5.41) is 30.4. The zero-order valence-electron chi connectivity index (χ0n) is 9.24. The van der Waals surface area contributed by atoms with E-state index in [0.717, 1.165) is 5.56 Å². The summed E-state index contributed by atoms with van der Waals surface area (Å²) in [7, 11) is 0. The molecule has 0 bridgehead atoms. The van der Waals surface area contributed by atoms with Crippen molar-refractivity contribution in [1.82, 2.24) is 15.4 Å². The minimum atomic E-state index is -1.29. The third-order valence-corrected chi connectivity index (χ3v) is 2.37. The van der Waals surface area contributed by atoms with E-state index in [1.165, 1.54) is 0 Å². The third kappa shape index (κ3) is 2.34. The maximum Gasteiger partial charge on any atom is 0.354 e. The van der Waals surface area contributed by atoms with E-state index in [1.807, 2.05) is 30.3 Å². The van der Waals surface area contributed by atoms with Crippen molar-refractivity contribution in [3.8, 4) is 11.3 Å². The molecule has 1 aromatic carbocycles. The number of nitrogens with zero attached hydrogens (tertiary/aromatic N) is 3. The van der Waals surface area contributed by atoms with Crippen molar-refractivity contribution >= 4 is 11.7 Å². The minimum absolute atomic E-state index is 0.105. The Morgan fingerprint density at radius 3 is 2.61 bits per heavy atom. The first kappa shape index (κ1) is 11.8. The van der Waals surface area contributed by atoms with Crippen LogP contribution in [0.2, 0.25) is 0 Å². The van der Waals surface area contributed by atoms with Crippen molar-refractivity contribution in [1.29, 1.82) is 0 Å². The Bertz CT molecular complexity index is 577. The Morgan fingerprint density at radius 1 is 1.28 bits per heavy atom. The molecule has 0 fully saturated rings. The van der Waals surface area contributed by atoms with Gasteiger partial charge in [-0.3, -0.25) is 0 Å². The molecule has 0 unspecified atom stereocenters. The molecule has 92 valence electrons. The molecule has 0 spiro atoms. The topological polar surface area (TPSA) is 111 Å². The monoisotopic (exact) mass is 246 g/mol. The molecule has 18 heavy (non-hydrogen) atoms. The van der Waals surface area contributed by atoms with E-state index >= 15 is 0 Å². The van der Waals surface area contributed by atoms with Crippen LogP contribution < -0.4 is 0 Å². The third-order valence-electron chi connectivity index (χ3n) is 2.37. The second kappa shape index (κ2) is 5.09. The van der Waals surface area contributed by atoms with E-state index in [-0.39, 0.29) is 12.1 Å². The van der Waals surface area contributed by atoms with E-state index in [4.69, 9.17) is 10.3 Å². The summed E-state index contributed by atoms with van der Waals surface area (Å²) in [6, 6.07) is 9.20. The summed E-state index contributed by atoms with van der Waals surface area (Å²) in [6.45, 7) is 0. The Labute approximate surface area is 102 Å². The average molecular weight is 246 g/mol. The molecular formula is C11H10N4O3. The van der Waals surface area contributed by atoms with E-state index in [1.54, 1.807) is 0 Å². The van der Waals surface area contributed by atoms with Gasteiger partial charge in [0.25, 0.3) is 0 Å². The van der Waals surface area contributed by atoms with Crippen LogP contribution in [0, 0.1) is 0 Å². The molecule has 0 aliphatic heterocycles. The molecule has 0 saturated carbocycles. The molecule has 0 saturated heterocycles. The molecule has 7 heteroatoms. The van der Waals surface area contributed by atoms with E-state index in [0.29, 0.717) is 11.4 Å². The predicted octanol–water partition coefficient (Wildman–Crippen LogP) is 0.929. The summed E-state index contributed by atoms with van der Waals surface area (Å²) < 4.78 is 0. The molecule has 2 rings (SSSR count). The number of H-pyrrole nitrogens is 1. The number of aromatic nitrogens is 3. The number of carboxylic acids is 1. The van der Waals surface area contributed by atoms with E-state index in [2.05, 4.69) is 20.6 Å². The van der Waals surface area contributed by atoms with Gasteiger partial charge in [-0.15, -0.1) is 0 Å². The number of oxime groups is 1. The van der Waals surface area contributed by atoms with Crippen LogP contribution in [-0.2, 0) is 11.2 Å². The van der Waals surface area contributed by atoms with Crippen LogP contribution in [0.25, 0.3) is 11.3 Å². The Kier molecular flexibility index (Phi) is 3.33. The van der Waals surface area contributed by atoms with Crippen LogP contribution in [0.15, 0.2) is 35.5 Å². The summed E-state index contributed by atoms with van der Waals surface area (Å²) in [5.41, 5.74) is 1.37. The largest absolute Gasteiger partial charge is 0.477 e. The molecule has 0 amide bonds. The molecule has 2 aromatic rings. The highest BCUT2D eigenvalue weighted by molar-refractivity contribution is 6.35. The molecule has 1 aromatic heterocycles. The van der Waals surface area contributed by atoms with Crippen LogP contribution >= 0.6 is 0 Å². The lowest BCUT2D eigenvalue weighted by atomic mass is 10.1. The normalized spacial score (nSPS) is 11.4. The molecule has 0 radical (unpaired) electrons. The molecule has 0 atom stereocenters. The summed E-state index contributed by atoms with van der Waals surface area (Å²) >= 11 is 0. The van der Waals surface area contributed by atoms with Gasteiger partial charge < -0.3 is 10.3 Å². The van der Waals surface area contributed by atoms with Crippen molar-refractivity contribution in [2.24, 2.45) is 5.16 Å². The zero-order valence-corrected chi connectivity index (χ0v) is 9.24. The number of hydrogen-bond donors (Lipinski definition) is 3. The van der Waals surface area contributed by atoms with Gasteiger partial charge in [-0.1, -0.05) is 35.5 Å². The van der Waals surface area contributed by atoms with Crippen LogP contribution in [0.4, 0.5) is 0 Å². The fraction of sp³-hybridized carbons (Fsp3) is 0.0909. The van der Waals surface area contributed by atoms with Gasteiger partial charge in [0.05, 0.1) is 5.69 Å². The molecule has 3 N–H and O–H groups in total. The van der Waals surface area contributed by atoms with Gasteiger partial charge in [0.15, 0.2) is 5.71 Å². The van der Waals surface area contributed by atoms with E-state index in [9.17, 15) is 4.79 Å². The molecule has 0 aliphatic rings. The fourth-order valence-electron chi connectivity index (χ4n) is 1.52. The van der Waals surface area contributed by atoms with Crippen LogP contribution in [0.5, 0.6) is 0 Å². The van der Waals surface area contributed by atoms with Gasteiger partial charge in [-0.05, 0) is 0 Å². The van der Waals surface area contributed by atoms with Gasteiger partial charge in [-0.25, -0.2) is 4.79 Å². The number of rotatable bonds is 4. The highest BCUT2D eigenvalue weighted by Gasteiger charge is 2.17. The van der Waals surface area contributed by atoms with Crippen molar-refractivity contribution in [3.63, 3.8) is 0 Å². The van der Waals surface area contributed by atoms with Gasteiger partial charge in [0.2, 0.25) is 0 Å². The lowest BCUT2D eigenvalue weighted by Crippen LogP contribution is -2.16. The number of carbonyl (C=O) groups is 1. The molecule has 1 heterocycles. The first-order valence-corrected chi connectivity index (χ1v) is 5.11. The smallest absolute Gasteiger partial charge is 0.354 e. The number of nitrogens with one attached hydrogen (secondary N) is 1. The lowest BCUT2D eigenvalue weighted by Gasteiger charge is -2.00. The average Bonchev–Trinajstić information content (AvgIpc) is 2.84. The van der Waals surface area contributed by atoms with Crippen LogP contribution in [-0.4, -0.2) is 37.4 Å². The second-order valence-electron chi connectivity index (χ2n) is 3.51. The highest BCUT2D eigenvalue weighted by atomic mass is 16.4. The van der Waals surface area contributed by atoms with Crippen LogP contribution in [0.3, 0.4) is 0 Å². The number of aliphatic carboxylic acids is 1. The fourth-order valence-corrected chi connectivity index (χ4v) is 1.52. The number of carboxylic acid groups (broad SMARTS) is 1. The van der Waals surface area contributed by atoms with Gasteiger partial charge in [-0.2, -0.15) is 15.4 Å². The van der Waals surface area contributed by atoms with Crippen molar-refractivity contribution in [2.45, 2.75) is 6.42 Å². The van der Waals surface area contributed by atoms with Gasteiger partial charge >= 0.3 is 5.97 Å². The maximum atomic E-state index is 10.8. The molecular weight excluding hydrogens is 236 g/mol. The number of benzene rings is 1. The lowest BCUT2D eigenvalue weighted by molar-refractivity contribution is -0.129. The SMILES string of the molecule is O=C(O)/C(Cc1n[nH]nc1-c1ccccc1)=N\O. The Morgan fingerprint density at radius 2 is 2.00 bits per heavy atom. The highest BCUT2D eigenvalue weighted by Crippen LogP contribution is 2.19. The summed E-state index contributed by atoms with van der Waals surface area (Å²) in [5.74, 6) is -1.29. The van der Waals surface area contributed by atoms with Crippen LogP contribution in [0.1, 0.15) is 5.69 Å². The van der Waals surface area contributed by atoms with Gasteiger partial charge in [0.1, 0.15) is 5.69 Å².